The lowest BCUT2D eigenvalue weighted by molar-refractivity contribution is 0.176. The molecule has 4 nitrogen and oxygen atoms in total. The third kappa shape index (κ3) is 3.23. The molecule has 0 saturated heterocycles. The maximum Gasteiger partial charge on any atom is 0.341 e. The second-order valence-corrected chi connectivity index (χ2v) is 7.77. The van der Waals surface area contributed by atoms with Crippen molar-refractivity contribution in [2.24, 2.45) is 0 Å². The maximum absolute atomic E-state index is 13.5. The summed E-state index contributed by atoms with van der Waals surface area (Å²) in [5.74, 6) is -3.67. The molecule has 25 heavy (non-hydrogen) atoms. The van der Waals surface area contributed by atoms with Crippen LogP contribution in [0.25, 0.3) is 0 Å². The summed E-state index contributed by atoms with van der Waals surface area (Å²) in [7, 11) is -4.85. The molecule has 0 spiro atoms. The molecule has 0 amide bonds. The number of benzene rings is 2. The molecule has 0 heterocycles. The van der Waals surface area contributed by atoms with Crippen molar-refractivity contribution in [3.63, 3.8) is 0 Å². The summed E-state index contributed by atoms with van der Waals surface area (Å²) in [6, 6.07) is 6.32. The number of alkyl halides is 2. The topological polar surface area (TPSA) is 63.6 Å². The van der Waals surface area contributed by atoms with Crippen molar-refractivity contribution in [3.05, 3.63) is 52.8 Å². The van der Waals surface area contributed by atoms with Crippen molar-refractivity contribution in [1.29, 1.82) is 0 Å². The zero-order chi connectivity index (χ0) is 18.4. The van der Waals surface area contributed by atoms with Crippen LogP contribution in [-0.4, -0.2) is 19.3 Å². The minimum absolute atomic E-state index is 0.0640. The SMILES string of the molecule is Cc1cc(F)cc(Oc2ccc(S(=O)(=O)C(F)F)c3c2CCC3O)c1. The molecule has 1 aliphatic rings. The Morgan fingerprint density at radius 3 is 2.60 bits per heavy atom. The summed E-state index contributed by atoms with van der Waals surface area (Å²) >= 11 is 0. The third-order valence-electron chi connectivity index (χ3n) is 4.06. The summed E-state index contributed by atoms with van der Waals surface area (Å²) in [6.07, 6.45) is -0.701. The van der Waals surface area contributed by atoms with E-state index >= 15 is 0 Å². The Hall–Kier alpha value is -2.06. The molecular formula is C17H15F3O4S. The molecule has 0 saturated carbocycles. The largest absolute Gasteiger partial charge is 0.457 e. The Kier molecular flexibility index (Phi) is 4.51. The number of ether oxygens (including phenoxy) is 1. The van der Waals surface area contributed by atoms with Gasteiger partial charge in [0.05, 0.1) is 11.0 Å². The van der Waals surface area contributed by atoms with Gasteiger partial charge in [-0.1, -0.05) is 0 Å². The standard InChI is InChI=1S/C17H15F3O4S/c1-9-6-10(18)8-11(7-9)24-14-4-5-15(25(22,23)17(19)20)16-12(14)2-3-13(16)21/h4-8,13,17,21H,2-3H2,1H3. The van der Waals surface area contributed by atoms with Crippen molar-refractivity contribution in [2.75, 3.05) is 0 Å². The van der Waals surface area contributed by atoms with Crippen molar-refractivity contribution < 1.29 is 31.4 Å². The highest BCUT2D eigenvalue weighted by Gasteiger charge is 2.36. The molecule has 1 N–H and O–H groups in total. The van der Waals surface area contributed by atoms with Gasteiger partial charge in [-0.15, -0.1) is 0 Å². The first-order valence-electron chi connectivity index (χ1n) is 7.51. The summed E-state index contributed by atoms with van der Waals surface area (Å²) < 4.78 is 68.6. The van der Waals surface area contributed by atoms with Gasteiger partial charge in [-0.05, 0) is 49.6 Å². The normalized spacial score (nSPS) is 17.0. The van der Waals surface area contributed by atoms with Crippen molar-refractivity contribution in [2.45, 2.75) is 36.5 Å². The van der Waals surface area contributed by atoms with Crippen molar-refractivity contribution in [1.82, 2.24) is 0 Å². The number of sulfone groups is 1. The highest BCUT2D eigenvalue weighted by atomic mass is 32.2. The van der Waals surface area contributed by atoms with Gasteiger partial charge in [0, 0.05) is 17.2 Å². The van der Waals surface area contributed by atoms with Gasteiger partial charge in [-0.2, -0.15) is 8.78 Å². The minimum atomic E-state index is -4.85. The van der Waals surface area contributed by atoms with E-state index in [0.29, 0.717) is 11.1 Å². The molecule has 3 rings (SSSR count). The van der Waals surface area contributed by atoms with Gasteiger partial charge >= 0.3 is 5.76 Å². The molecule has 8 heteroatoms. The molecule has 1 atom stereocenters. The predicted molar refractivity (Wildman–Crippen MR) is 84.1 cm³/mol. The third-order valence-corrected chi connectivity index (χ3v) is 5.50. The van der Waals surface area contributed by atoms with Crippen LogP contribution < -0.4 is 4.74 Å². The van der Waals surface area contributed by atoms with Gasteiger partial charge in [0.1, 0.15) is 17.3 Å². The fourth-order valence-electron chi connectivity index (χ4n) is 3.00. The van der Waals surface area contributed by atoms with E-state index < -0.39 is 32.4 Å². The Labute approximate surface area is 142 Å². The van der Waals surface area contributed by atoms with Crippen LogP contribution in [0.2, 0.25) is 0 Å². The summed E-state index contributed by atoms with van der Waals surface area (Å²) in [5.41, 5.74) is 0.908. The number of hydrogen-bond acceptors (Lipinski definition) is 4. The van der Waals surface area contributed by atoms with Gasteiger partial charge in [-0.3, -0.25) is 0 Å². The molecule has 1 aliphatic carbocycles. The van der Waals surface area contributed by atoms with Crippen molar-refractivity contribution >= 4 is 9.84 Å². The Morgan fingerprint density at radius 2 is 1.96 bits per heavy atom. The monoisotopic (exact) mass is 372 g/mol. The fraction of sp³-hybridized carbons (Fsp3) is 0.294. The van der Waals surface area contributed by atoms with Crippen molar-refractivity contribution in [3.8, 4) is 11.5 Å². The van der Waals surface area contributed by atoms with E-state index in [4.69, 9.17) is 4.74 Å². The molecule has 0 fully saturated rings. The lowest BCUT2D eigenvalue weighted by atomic mass is 10.1. The second-order valence-electron chi connectivity index (χ2n) is 5.88. The van der Waals surface area contributed by atoms with E-state index in [0.717, 1.165) is 12.1 Å². The summed E-state index contributed by atoms with van der Waals surface area (Å²) in [4.78, 5) is -0.592. The fourth-order valence-corrected chi connectivity index (χ4v) is 4.02. The minimum Gasteiger partial charge on any atom is -0.457 e. The molecule has 0 bridgehead atoms. The van der Waals surface area contributed by atoms with Crippen LogP contribution in [-0.2, 0) is 16.3 Å². The molecule has 1 unspecified atom stereocenters. The Bertz CT molecular complexity index is 905. The molecular weight excluding hydrogens is 357 g/mol. The van der Waals surface area contributed by atoms with E-state index in [1.807, 2.05) is 0 Å². The quantitative estimate of drug-likeness (QED) is 0.884. The number of halogens is 3. The lowest BCUT2D eigenvalue weighted by Crippen LogP contribution is -2.15. The highest BCUT2D eigenvalue weighted by Crippen LogP contribution is 2.43. The molecule has 134 valence electrons. The summed E-state index contributed by atoms with van der Waals surface area (Å²) in [6.45, 7) is 1.68. The predicted octanol–water partition coefficient (Wildman–Crippen LogP) is 3.90. The first kappa shape index (κ1) is 17.8. The number of fused-ring (bicyclic) bond motifs is 1. The number of rotatable bonds is 4. The van der Waals surface area contributed by atoms with Crippen LogP contribution in [0.4, 0.5) is 13.2 Å². The van der Waals surface area contributed by atoms with E-state index in [9.17, 15) is 26.7 Å². The van der Waals surface area contributed by atoms with Crippen LogP contribution in [0.15, 0.2) is 35.2 Å². The highest BCUT2D eigenvalue weighted by molar-refractivity contribution is 7.91. The molecule has 0 aliphatic heterocycles. The first-order chi connectivity index (χ1) is 11.7. The lowest BCUT2D eigenvalue weighted by Gasteiger charge is -2.16. The first-order valence-corrected chi connectivity index (χ1v) is 9.05. The van der Waals surface area contributed by atoms with Gasteiger partial charge in [0.25, 0.3) is 0 Å². The second kappa shape index (κ2) is 6.34. The van der Waals surface area contributed by atoms with Crippen LogP contribution in [0.1, 0.15) is 29.2 Å². The van der Waals surface area contributed by atoms with E-state index in [1.54, 1.807) is 13.0 Å². The Balaban J connectivity index is 2.09. The smallest absolute Gasteiger partial charge is 0.341 e. The van der Waals surface area contributed by atoms with E-state index in [2.05, 4.69) is 0 Å². The number of aryl methyl sites for hydroxylation is 1. The zero-order valence-electron chi connectivity index (χ0n) is 13.2. The Morgan fingerprint density at radius 1 is 1.24 bits per heavy atom. The van der Waals surface area contributed by atoms with Gasteiger partial charge in [-0.25, -0.2) is 12.8 Å². The van der Waals surface area contributed by atoms with E-state index in [1.165, 1.54) is 12.1 Å². The van der Waals surface area contributed by atoms with Crippen LogP contribution >= 0.6 is 0 Å². The zero-order valence-corrected chi connectivity index (χ0v) is 14.0. The van der Waals surface area contributed by atoms with E-state index in [-0.39, 0.29) is 29.9 Å². The number of aliphatic hydroxyl groups is 1. The summed E-state index contributed by atoms with van der Waals surface area (Å²) in [5, 5.41) is 10.1. The number of hydrogen-bond donors (Lipinski definition) is 1. The molecule has 0 aromatic heterocycles. The van der Waals surface area contributed by atoms with Crippen LogP contribution in [0.3, 0.4) is 0 Å². The molecule has 2 aromatic carbocycles. The average Bonchev–Trinajstić information content (AvgIpc) is 2.89. The van der Waals surface area contributed by atoms with Gasteiger partial charge in [0.15, 0.2) is 0 Å². The average molecular weight is 372 g/mol. The maximum atomic E-state index is 13.5. The molecule has 2 aromatic rings. The van der Waals surface area contributed by atoms with Crippen LogP contribution in [0.5, 0.6) is 11.5 Å². The van der Waals surface area contributed by atoms with Gasteiger partial charge < -0.3 is 9.84 Å². The molecule has 0 radical (unpaired) electrons. The van der Waals surface area contributed by atoms with Gasteiger partial charge in [0.2, 0.25) is 9.84 Å². The number of aliphatic hydroxyl groups excluding tert-OH is 1. The van der Waals surface area contributed by atoms with Crippen LogP contribution in [0, 0.1) is 12.7 Å².